The first-order chi connectivity index (χ1) is 14.1. The Kier molecular flexibility index (Phi) is 4.08. The lowest BCUT2D eigenvalue weighted by molar-refractivity contribution is -0.274. The van der Waals surface area contributed by atoms with Crippen LogP contribution in [0.25, 0.3) is 0 Å². The minimum atomic E-state index is -4.72. The highest BCUT2D eigenvalue weighted by Gasteiger charge is 2.60. The van der Waals surface area contributed by atoms with Crippen LogP contribution in [0.3, 0.4) is 0 Å². The second kappa shape index (κ2) is 6.28. The Morgan fingerprint density at radius 2 is 2.07 bits per heavy atom. The second-order valence-electron chi connectivity index (χ2n) is 9.21. The minimum Gasteiger partial charge on any atom is -0.447 e. The van der Waals surface area contributed by atoms with Crippen molar-refractivity contribution in [3.8, 4) is 5.75 Å². The number of carbonyl (C=O) groups is 2. The number of amides is 2. The summed E-state index contributed by atoms with van der Waals surface area (Å²) in [7, 11) is 0. The van der Waals surface area contributed by atoms with E-state index in [2.05, 4.69) is 10.1 Å². The first-order valence-electron chi connectivity index (χ1n) is 10.2. The number of carbonyl (C=O) groups excluding carboxylic acids is 2. The summed E-state index contributed by atoms with van der Waals surface area (Å²) in [6.45, 7) is 3.12. The second-order valence-corrected chi connectivity index (χ2v) is 9.21. The van der Waals surface area contributed by atoms with E-state index in [1.807, 2.05) is 11.0 Å². The molecule has 0 aromatic heterocycles. The summed E-state index contributed by atoms with van der Waals surface area (Å²) in [5.74, 6) is 0.0935. The number of hydrogen-bond donors (Lipinski definition) is 1. The average Bonchev–Trinajstić information content (AvgIpc) is 3.26. The third-order valence-electron chi connectivity index (χ3n) is 7.27. The molecule has 2 aliphatic carbocycles. The molecule has 162 valence electrons. The Morgan fingerprint density at radius 1 is 1.30 bits per heavy atom. The van der Waals surface area contributed by atoms with Crippen molar-refractivity contribution in [2.75, 3.05) is 19.7 Å². The molecule has 1 N–H and O–H groups in total. The average molecular weight is 424 g/mol. The van der Waals surface area contributed by atoms with Gasteiger partial charge in [-0.2, -0.15) is 0 Å². The minimum absolute atomic E-state index is 0.104. The normalized spacial score (nSPS) is 34.7. The maximum atomic E-state index is 12.9. The Bertz CT molecular complexity index is 912. The Balaban J connectivity index is 1.23. The predicted molar refractivity (Wildman–Crippen MR) is 98.8 cm³/mol. The summed E-state index contributed by atoms with van der Waals surface area (Å²) in [5, 5.41) is 2.80. The van der Waals surface area contributed by atoms with Crippen LogP contribution in [-0.2, 0) is 14.9 Å². The van der Waals surface area contributed by atoms with E-state index in [1.165, 1.54) is 6.07 Å². The number of aryl methyl sites for hydroxylation is 1. The molecule has 0 bridgehead atoms. The van der Waals surface area contributed by atoms with Crippen molar-refractivity contribution in [1.82, 2.24) is 10.2 Å². The van der Waals surface area contributed by atoms with Gasteiger partial charge in [0.15, 0.2) is 0 Å². The summed E-state index contributed by atoms with van der Waals surface area (Å²) in [6.07, 6.45) is -2.35. The quantitative estimate of drug-likeness (QED) is 0.809. The maximum Gasteiger partial charge on any atom is 0.573 e. The highest BCUT2D eigenvalue weighted by molar-refractivity contribution is 5.82. The van der Waals surface area contributed by atoms with E-state index in [-0.39, 0.29) is 34.4 Å². The highest BCUT2D eigenvalue weighted by atomic mass is 19.4. The molecule has 2 unspecified atom stereocenters. The lowest BCUT2D eigenvalue weighted by Gasteiger charge is -2.44. The number of halogens is 3. The van der Waals surface area contributed by atoms with Gasteiger partial charge >= 0.3 is 12.5 Å². The van der Waals surface area contributed by atoms with Gasteiger partial charge in [0.25, 0.3) is 0 Å². The smallest absolute Gasteiger partial charge is 0.447 e. The molecule has 0 radical (unpaired) electrons. The Hall–Kier alpha value is -2.45. The van der Waals surface area contributed by atoms with Gasteiger partial charge in [-0.05, 0) is 55.7 Å². The molecule has 1 spiro atoms. The van der Waals surface area contributed by atoms with E-state index in [0.717, 1.165) is 18.4 Å². The molecule has 2 saturated heterocycles. The summed E-state index contributed by atoms with van der Waals surface area (Å²) in [6, 6.07) is 5.07. The van der Waals surface area contributed by atoms with Gasteiger partial charge in [-0.25, -0.2) is 4.79 Å². The van der Waals surface area contributed by atoms with Crippen LogP contribution in [0, 0.1) is 18.8 Å². The number of alkyl carbamates (subject to hydrolysis) is 1. The molecule has 2 aliphatic heterocycles. The lowest BCUT2D eigenvalue weighted by atomic mass is 9.68. The van der Waals surface area contributed by atoms with E-state index < -0.39 is 12.5 Å². The number of hydrogen-bond acceptors (Lipinski definition) is 4. The van der Waals surface area contributed by atoms with Crippen LogP contribution in [0.2, 0.25) is 0 Å². The third-order valence-corrected chi connectivity index (χ3v) is 7.27. The van der Waals surface area contributed by atoms with E-state index in [9.17, 15) is 22.8 Å². The molecule has 1 aromatic rings. The largest absolute Gasteiger partial charge is 0.573 e. The zero-order valence-corrected chi connectivity index (χ0v) is 16.6. The maximum absolute atomic E-state index is 12.9. The standard InChI is InChI=1S/C21H23F3N2O4/c1-12-2-3-14(6-16(12)30-21(22,23)24)20-4-5-26(10-15(20)9-20)17(27)13-7-19(8-13)11-29-18(28)25-19/h2-3,6,13,15H,4-5,7-11H2,1H3,(H,25,28). The molecule has 5 rings (SSSR count). The first-order valence-corrected chi connectivity index (χ1v) is 10.2. The molecule has 30 heavy (non-hydrogen) atoms. The molecule has 2 heterocycles. The first kappa shape index (κ1) is 19.5. The highest BCUT2D eigenvalue weighted by Crippen LogP contribution is 2.60. The third kappa shape index (κ3) is 3.18. The van der Waals surface area contributed by atoms with Gasteiger partial charge in [-0.15, -0.1) is 13.2 Å². The van der Waals surface area contributed by atoms with Gasteiger partial charge in [-0.3, -0.25) is 4.79 Å². The molecule has 2 amide bonds. The van der Waals surface area contributed by atoms with Gasteiger partial charge in [0, 0.05) is 24.4 Å². The molecule has 4 fully saturated rings. The number of nitrogens with zero attached hydrogens (tertiary/aromatic N) is 1. The van der Waals surface area contributed by atoms with Crippen molar-refractivity contribution >= 4 is 12.0 Å². The van der Waals surface area contributed by atoms with Crippen molar-refractivity contribution in [1.29, 1.82) is 0 Å². The molecule has 6 nitrogen and oxygen atoms in total. The van der Waals surface area contributed by atoms with Gasteiger partial charge < -0.3 is 19.7 Å². The Morgan fingerprint density at radius 3 is 2.70 bits per heavy atom. The number of nitrogens with one attached hydrogen (secondary N) is 1. The van der Waals surface area contributed by atoms with Crippen LogP contribution in [0.15, 0.2) is 18.2 Å². The monoisotopic (exact) mass is 424 g/mol. The van der Waals surface area contributed by atoms with Crippen molar-refractivity contribution in [2.45, 2.75) is 49.9 Å². The number of benzene rings is 1. The van der Waals surface area contributed by atoms with Gasteiger partial charge in [0.1, 0.15) is 12.4 Å². The number of alkyl halides is 3. The molecule has 2 atom stereocenters. The van der Waals surface area contributed by atoms with Crippen LogP contribution >= 0.6 is 0 Å². The fourth-order valence-electron chi connectivity index (χ4n) is 5.49. The number of piperidine rings is 1. The van der Waals surface area contributed by atoms with Crippen molar-refractivity contribution in [3.63, 3.8) is 0 Å². The summed E-state index contributed by atoms with van der Waals surface area (Å²) < 4.78 is 47.2. The number of rotatable bonds is 3. The van der Waals surface area contributed by atoms with E-state index >= 15 is 0 Å². The van der Waals surface area contributed by atoms with Gasteiger partial charge in [0.2, 0.25) is 5.91 Å². The van der Waals surface area contributed by atoms with Crippen LogP contribution in [0.1, 0.15) is 36.8 Å². The molecule has 1 aromatic carbocycles. The fourth-order valence-corrected chi connectivity index (χ4v) is 5.49. The van der Waals surface area contributed by atoms with Gasteiger partial charge in [-0.1, -0.05) is 12.1 Å². The van der Waals surface area contributed by atoms with Crippen LogP contribution < -0.4 is 10.1 Å². The van der Waals surface area contributed by atoms with E-state index in [4.69, 9.17) is 4.74 Å². The van der Waals surface area contributed by atoms with Crippen LogP contribution in [-0.4, -0.2) is 48.5 Å². The Labute approximate surface area is 171 Å². The fraction of sp³-hybridized carbons (Fsp3) is 0.619. The lowest BCUT2D eigenvalue weighted by Crippen LogP contribution is -2.58. The zero-order valence-electron chi connectivity index (χ0n) is 16.6. The number of ether oxygens (including phenoxy) is 2. The summed E-state index contributed by atoms with van der Waals surface area (Å²) >= 11 is 0. The van der Waals surface area contributed by atoms with Crippen LogP contribution in [0.5, 0.6) is 5.75 Å². The van der Waals surface area contributed by atoms with E-state index in [1.54, 1.807) is 13.0 Å². The molecule has 4 aliphatic rings. The number of likely N-dealkylation sites (tertiary alicyclic amines) is 1. The number of cyclic esters (lactones) is 1. The van der Waals surface area contributed by atoms with Gasteiger partial charge in [0.05, 0.1) is 5.54 Å². The summed E-state index contributed by atoms with van der Waals surface area (Å²) in [4.78, 5) is 26.0. The topological polar surface area (TPSA) is 67.9 Å². The predicted octanol–water partition coefficient (Wildman–Crippen LogP) is 3.27. The molecule has 9 heteroatoms. The zero-order chi connectivity index (χ0) is 21.3. The molecular formula is C21H23F3N2O4. The van der Waals surface area contributed by atoms with Crippen molar-refractivity contribution in [3.05, 3.63) is 29.3 Å². The number of fused-ring (bicyclic) bond motifs is 1. The van der Waals surface area contributed by atoms with Crippen molar-refractivity contribution < 1.29 is 32.2 Å². The molecule has 2 saturated carbocycles. The summed E-state index contributed by atoms with van der Waals surface area (Å²) in [5.41, 5.74) is 0.757. The SMILES string of the molecule is Cc1ccc(C23CCN(C(=O)C4CC5(COC(=O)N5)C4)CC2C3)cc1OC(F)(F)F. The van der Waals surface area contributed by atoms with Crippen molar-refractivity contribution in [2.24, 2.45) is 11.8 Å². The van der Waals surface area contributed by atoms with Crippen LogP contribution in [0.4, 0.5) is 18.0 Å². The van der Waals surface area contributed by atoms with E-state index in [0.29, 0.717) is 38.1 Å². The molecular weight excluding hydrogens is 401 g/mol.